The predicted octanol–water partition coefficient (Wildman–Crippen LogP) is 4.04. The van der Waals surface area contributed by atoms with Crippen molar-refractivity contribution >= 4 is 28.7 Å². The molecular weight excluding hydrogens is 356 g/mol. The van der Waals surface area contributed by atoms with Gasteiger partial charge in [0.15, 0.2) is 5.78 Å². The van der Waals surface area contributed by atoms with Gasteiger partial charge >= 0.3 is 0 Å². The number of carbonyl (C=O) groups is 2. The fraction of sp³-hybridized carbons (Fsp3) is 0.364. The number of Topliss-reactive ketones (excluding diaryl/α,β-unsaturated/α-hetero) is 1. The molecule has 3 heterocycles. The van der Waals surface area contributed by atoms with Gasteiger partial charge in [0.2, 0.25) is 5.91 Å². The second kappa shape index (κ2) is 7.69. The van der Waals surface area contributed by atoms with Gasteiger partial charge in [-0.3, -0.25) is 9.59 Å². The monoisotopic (exact) mass is 380 g/mol. The zero-order chi connectivity index (χ0) is 18.8. The van der Waals surface area contributed by atoms with Gasteiger partial charge in [-0.2, -0.15) is 0 Å². The van der Waals surface area contributed by atoms with Crippen LogP contribution in [0.5, 0.6) is 0 Å². The smallest absolute Gasteiger partial charge is 0.219 e. The first-order chi connectivity index (χ1) is 13.1. The quantitative estimate of drug-likeness (QED) is 0.755. The lowest BCUT2D eigenvalue weighted by Gasteiger charge is -2.32. The minimum atomic E-state index is 0.0345. The molecule has 1 aromatic carbocycles. The first-order valence-electron chi connectivity index (χ1n) is 9.55. The third kappa shape index (κ3) is 3.56. The van der Waals surface area contributed by atoms with Crippen molar-refractivity contribution in [3.8, 4) is 10.4 Å². The summed E-state index contributed by atoms with van der Waals surface area (Å²) in [6.45, 7) is 4.45. The van der Waals surface area contributed by atoms with Crippen LogP contribution < -0.4 is 0 Å². The van der Waals surface area contributed by atoms with Gasteiger partial charge in [0.1, 0.15) is 0 Å². The Bertz CT molecular complexity index is 879. The van der Waals surface area contributed by atoms with Crippen molar-refractivity contribution in [3.05, 3.63) is 52.9 Å². The first-order valence-corrected chi connectivity index (χ1v) is 10.4. The molecule has 0 spiro atoms. The number of likely N-dealkylation sites (tertiary alicyclic amines) is 2. The van der Waals surface area contributed by atoms with E-state index in [1.54, 1.807) is 23.2 Å². The summed E-state index contributed by atoms with van der Waals surface area (Å²) in [5.41, 5.74) is 4.10. The zero-order valence-electron chi connectivity index (χ0n) is 15.6. The molecule has 1 amide bonds. The summed E-state index contributed by atoms with van der Waals surface area (Å²) in [7, 11) is 0. The number of ketones is 1. The van der Waals surface area contributed by atoms with Crippen LogP contribution >= 0.6 is 11.3 Å². The number of rotatable bonds is 3. The summed E-state index contributed by atoms with van der Waals surface area (Å²) in [6, 6.07) is 12.5. The summed E-state index contributed by atoms with van der Waals surface area (Å²) in [6.07, 6.45) is 2.69. The van der Waals surface area contributed by atoms with Crippen molar-refractivity contribution in [1.82, 2.24) is 9.80 Å². The van der Waals surface area contributed by atoms with Crippen molar-refractivity contribution in [2.24, 2.45) is 0 Å². The molecule has 1 aromatic heterocycles. The number of thiophene rings is 1. The molecule has 140 valence electrons. The van der Waals surface area contributed by atoms with Crippen LogP contribution in [0.2, 0.25) is 0 Å². The van der Waals surface area contributed by atoms with Crippen LogP contribution in [0.15, 0.2) is 47.4 Å². The number of amides is 1. The van der Waals surface area contributed by atoms with Crippen LogP contribution in [-0.4, -0.2) is 47.7 Å². The highest BCUT2D eigenvalue weighted by Crippen LogP contribution is 2.37. The topological polar surface area (TPSA) is 40.6 Å². The zero-order valence-corrected chi connectivity index (χ0v) is 16.4. The third-order valence-electron chi connectivity index (χ3n) is 5.42. The van der Waals surface area contributed by atoms with E-state index in [0.717, 1.165) is 48.3 Å². The van der Waals surface area contributed by atoms with E-state index < -0.39 is 0 Å². The lowest BCUT2D eigenvalue weighted by Crippen LogP contribution is -2.40. The number of hydrogen-bond donors (Lipinski definition) is 0. The SMILES string of the molecule is CC(=O)N1CCC(=O)/C(=C(/c2ccccc2-c2cccs2)N2CCCC2)C1. The molecule has 2 saturated heterocycles. The van der Waals surface area contributed by atoms with E-state index >= 15 is 0 Å². The van der Waals surface area contributed by atoms with Crippen LogP contribution in [0.4, 0.5) is 0 Å². The van der Waals surface area contributed by atoms with Gasteiger partial charge in [-0.05, 0) is 24.3 Å². The van der Waals surface area contributed by atoms with Gasteiger partial charge in [0.05, 0.1) is 12.2 Å². The number of hydrogen-bond acceptors (Lipinski definition) is 4. The highest BCUT2D eigenvalue weighted by molar-refractivity contribution is 7.13. The Morgan fingerprint density at radius 1 is 1.00 bits per heavy atom. The molecule has 2 aromatic rings. The molecular formula is C22H24N2O2S. The average Bonchev–Trinajstić information content (AvgIpc) is 3.38. The average molecular weight is 381 g/mol. The summed E-state index contributed by atoms with van der Waals surface area (Å²) in [4.78, 5) is 30.2. The standard InChI is InChI=1S/C22H24N2O2S/c1-16(25)24-13-10-20(26)19(15-24)22(23-11-4-5-12-23)18-8-3-2-7-17(18)21-9-6-14-27-21/h2-3,6-9,14H,4-5,10-13,15H2,1H3/b22-19-. The van der Waals surface area contributed by atoms with Crippen molar-refractivity contribution in [3.63, 3.8) is 0 Å². The minimum Gasteiger partial charge on any atom is -0.371 e. The highest BCUT2D eigenvalue weighted by Gasteiger charge is 2.30. The molecule has 0 unspecified atom stereocenters. The van der Waals surface area contributed by atoms with Gasteiger partial charge < -0.3 is 9.80 Å². The Morgan fingerprint density at radius 2 is 1.78 bits per heavy atom. The van der Waals surface area contributed by atoms with Gasteiger partial charge in [-0.1, -0.05) is 30.3 Å². The molecule has 0 aliphatic carbocycles. The maximum Gasteiger partial charge on any atom is 0.219 e. The van der Waals surface area contributed by atoms with Gasteiger partial charge in [0.25, 0.3) is 0 Å². The molecule has 0 radical (unpaired) electrons. The summed E-state index contributed by atoms with van der Waals surface area (Å²) < 4.78 is 0. The minimum absolute atomic E-state index is 0.0345. The summed E-state index contributed by atoms with van der Waals surface area (Å²) >= 11 is 1.71. The van der Waals surface area contributed by atoms with Gasteiger partial charge in [0, 0.05) is 54.6 Å². The molecule has 2 aliphatic rings. The van der Waals surface area contributed by atoms with Crippen LogP contribution in [0, 0.1) is 0 Å². The lowest BCUT2D eigenvalue weighted by molar-refractivity contribution is -0.130. The third-order valence-corrected chi connectivity index (χ3v) is 6.32. The Balaban J connectivity index is 1.88. The fourth-order valence-electron chi connectivity index (χ4n) is 4.02. The lowest BCUT2D eigenvalue weighted by atomic mass is 9.93. The van der Waals surface area contributed by atoms with Gasteiger partial charge in [-0.25, -0.2) is 0 Å². The number of benzene rings is 1. The van der Waals surface area contributed by atoms with E-state index in [9.17, 15) is 9.59 Å². The summed E-state index contributed by atoms with van der Waals surface area (Å²) in [5.74, 6) is 0.211. The Kier molecular flexibility index (Phi) is 5.12. The molecule has 0 atom stereocenters. The summed E-state index contributed by atoms with van der Waals surface area (Å²) in [5, 5.41) is 2.08. The Hall–Kier alpha value is -2.40. The van der Waals surface area contributed by atoms with Crippen molar-refractivity contribution in [2.75, 3.05) is 26.2 Å². The maximum absolute atomic E-state index is 12.9. The van der Waals surface area contributed by atoms with Crippen LogP contribution in [0.25, 0.3) is 16.1 Å². The predicted molar refractivity (Wildman–Crippen MR) is 109 cm³/mol. The number of carbonyl (C=O) groups excluding carboxylic acids is 2. The largest absolute Gasteiger partial charge is 0.371 e. The van der Waals surface area contributed by atoms with E-state index in [1.165, 1.54) is 4.88 Å². The number of nitrogens with zero attached hydrogens (tertiary/aromatic N) is 2. The van der Waals surface area contributed by atoms with Crippen molar-refractivity contribution in [1.29, 1.82) is 0 Å². The molecule has 2 fully saturated rings. The van der Waals surface area contributed by atoms with E-state index in [0.29, 0.717) is 19.5 Å². The molecule has 2 aliphatic heterocycles. The molecule has 5 heteroatoms. The first kappa shape index (κ1) is 18.0. The van der Waals surface area contributed by atoms with Crippen molar-refractivity contribution < 1.29 is 9.59 Å². The van der Waals surface area contributed by atoms with E-state index in [1.807, 2.05) is 6.07 Å². The molecule has 0 saturated carbocycles. The molecule has 27 heavy (non-hydrogen) atoms. The molecule has 4 nitrogen and oxygen atoms in total. The maximum atomic E-state index is 12.9. The van der Waals surface area contributed by atoms with Gasteiger partial charge in [-0.15, -0.1) is 11.3 Å². The second-order valence-corrected chi connectivity index (χ2v) is 8.11. The number of piperidine rings is 1. The molecule has 4 rings (SSSR count). The van der Waals surface area contributed by atoms with Crippen LogP contribution in [0.3, 0.4) is 0 Å². The second-order valence-electron chi connectivity index (χ2n) is 7.16. The Morgan fingerprint density at radius 3 is 2.48 bits per heavy atom. The fourth-order valence-corrected chi connectivity index (χ4v) is 4.79. The Labute approximate surface area is 164 Å². The van der Waals surface area contributed by atoms with E-state index in [2.05, 4.69) is 40.6 Å². The van der Waals surface area contributed by atoms with Crippen LogP contribution in [-0.2, 0) is 9.59 Å². The molecule has 0 bridgehead atoms. The molecule has 0 N–H and O–H groups in total. The van der Waals surface area contributed by atoms with Crippen molar-refractivity contribution in [2.45, 2.75) is 26.2 Å². The van der Waals surface area contributed by atoms with E-state index in [4.69, 9.17) is 0 Å². The highest BCUT2D eigenvalue weighted by atomic mass is 32.1. The van der Waals surface area contributed by atoms with E-state index in [-0.39, 0.29) is 11.7 Å². The van der Waals surface area contributed by atoms with Crippen LogP contribution in [0.1, 0.15) is 31.7 Å². The normalized spacial score (nSPS) is 19.5.